The Kier molecular flexibility index (Phi) is 4.11. The number of hydrogen-bond donors (Lipinski definition) is 2. The van der Waals surface area contributed by atoms with Crippen molar-refractivity contribution in [3.05, 3.63) is 28.8 Å². The molecule has 104 valence electrons. The summed E-state index contributed by atoms with van der Waals surface area (Å²) in [6.07, 6.45) is 1.11. The summed E-state index contributed by atoms with van der Waals surface area (Å²) < 4.78 is 0. The first-order valence-electron chi connectivity index (χ1n) is 6.03. The number of carboxylic acid groups (broad SMARTS) is 1. The van der Waals surface area contributed by atoms with Crippen LogP contribution in [0.3, 0.4) is 0 Å². The van der Waals surface area contributed by atoms with Crippen LogP contribution in [0.4, 0.5) is 10.5 Å². The van der Waals surface area contributed by atoms with Gasteiger partial charge < -0.3 is 15.3 Å². The van der Waals surface area contributed by atoms with Gasteiger partial charge in [-0.1, -0.05) is 11.6 Å². The number of anilines is 1. The van der Waals surface area contributed by atoms with Crippen molar-refractivity contribution in [3.63, 3.8) is 0 Å². The van der Waals surface area contributed by atoms with E-state index in [0.717, 1.165) is 0 Å². The molecule has 1 unspecified atom stereocenters. The third kappa shape index (κ3) is 2.83. The monoisotopic (exact) mass is 293 g/mol. The molecule has 0 aromatic heterocycles. The fraction of sp³-hybridized carbons (Fsp3) is 0.308. The summed E-state index contributed by atoms with van der Waals surface area (Å²) in [5.74, 6) is -1.01. The van der Waals surface area contributed by atoms with Crippen molar-refractivity contribution in [2.75, 3.05) is 11.9 Å². The molecular formula is C13H12ClN3O3. The van der Waals surface area contributed by atoms with E-state index in [1.807, 2.05) is 6.07 Å². The molecule has 2 rings (SSSR count). The van der Waals surface area contributed by atoms with Crippen LogP contribution >= 0.6 is 11.6 Å². The highest BCUT2D eigenvalue weighted by Gasteiger charge is 2.34. The molecule has 0 saturated carbocycles. The maximum Gasteiger partial charge on any atom is 0.326 e. The number of nitrogens with one attached hydrogen (secondary N) is 1. The molecule has 1 aromatic rings. The van der Waals surface area contributed by atoms with Crippen molar-refractivity contribution in [1.29, 1.82) is 5.26 Å². The normalized spacial score (nSPS) is 17.6. The van der Waals surface area contributed by atoms with Gasteiger partial charge in [0.1, 0.15) is 6.04 Å². The Labute approximate surface area is 120 Å². The lowest BCUT2D eigenvalue weighted by molar-refractivity contribution is -0.141. The van der Waals surface area contributed by atoms with Crippen molar-refractivity contribution >= 4 is 29.3 Å². The molecule has 1 aromatic carbocycles. The Morgan fingerprint density at radius 1 is 1.50 bits per heavy atom. The number of urea groups is 1. The van der Waals surface area contributed by atoms with E-state index in [1.165, 1.54) is 23.1 Å². The quantitative estimate of drug-likeness (QED) is 0.875. The summed E-state index contributed by atoms with van der Waals surface area (Å²) in [5.41, 5.74) is 0.740. The highest BCUT2D eigenvalue weighted by atomic mass is 35.5. The molecule has 1 aliphatic heterocycles. The summed E-state index contributed by atoms with van der Waals surface area (Å²) in [5, 5.41) is 20.6. The maximum atomic E-state index is 12.1. The van der Waals surface area contributed by atoms with Crippen LogP contribution in [-0.4, -0.2) is 34.6 Å². The topological polar surface area (TPSA) is 93.4 Å². The Balaban J connectivity index is 2.12. The van der Waals surface area contributed by atoms with Gasteiger partial charge in [0.25, 0.3) is 0 Å². The van der Waals surface area contributed by atoms with Crippen molar-refractivity contribution in [3.8, 4) is 6.07 Å². The first kappa shape index (κ1) is 14.2. The minimum absolute atomic E-state index is 0.239. The molecule has 1 fully saturated rings. The van der Waals surface area contributed by atoms with E-state index < -0.39 is 18.0 Å². The van der Waals surface area contributed by atoms with E-state index >= 15 is 0 Å². The van der Waals surface area contributed by atoms with Gasteiger partial charge in [0, 0.05) is 6.54 Å². The zero-order valence-electron chi connectivity index (χ0n) is 10.5. The van der Waals surface area contributed by atoms with Crippen LogP contribution in [0.25, 0.3) is 0 Å². The molecule has 0 bridgehead atoms. The highest BCUT2D eigenvalue weighted by Crippen LogP contribution is 2.25. The Bertz CT molecular complexity index is 597. The second kappa shape index (κ2) is 5.80. The van der Waals surface area contributed by atoms with Crippen LogP contribution in [0.2, 0.25) is 5.02 Å². The third-order valence-corrected chi connectivity index (χ3v) is 3.45. The van der Waals surface area contributed by atoms with Crippen LogP contribution in [0, 0.1) is 11.3 Å². The Hall–Kier alpha value is -2.26. The van der Waals surface area contributed by atoms with E-state index in [9.17, 15) is 9.59 Å². The first-order valence-corrected chi connectivity index (χ1v) is 6.41. The molecular weight excluding hydrogens is 282 g/mol. The summed E-state index contributed by atoms with van der Waals surface area (Å²) in [6.45, 7) is 0.400. The number of nitriles is 1. The molecule has 6 nitrogen and oxygen atoms in total. The minimum atomic E-state index is -1.01. The van der Waals surface area contributed by atoms with Crippen LogP contribution in [0.15, 0.2) is 18.2 Å². The van der Waals surface area contributed by atoms with Gasteiger partial charge in [-0.2, -0.15) is 5.26 Å². The summed E-state index contributed by atoms with van der Waals surface area (Å²) in [6, 6.07) is 5.13. The van der Waals surface area contributed by atoms with Gasteiger partial charge in [-0.25, -0.2) is 9.59 Å². The number of aliphatic carboxylic acids is 1. The van der Waals surface area contributed by atoms with Gasteiger partial charge in [-0.05, 0) is 31.0 Å². The van der Waals surface area contributed by atoms with Crippen LogP contribution in [0.5, 0.6) is 0 Å². The van der Waals surface area contributed by atoms with E-state index in [2.05, 4.69) is 5.32 Å². The second-order valence-corrected chi connectivity index (χ2v) is 4.83. The van der Waals surface area contributed by atoms with Gasteiger partial charge in [0.15, 0.2) is 0 Å². The number of hydrogen-bond acceptors (Lipinski definition) is 3. The van der Waals surface area contributed by atoms with E-state index in [4.69, 9.17) is 22.0 Å². The number of rotatable bonds is 2. The molecule has 0 aliphatic carbocycles. The van der Waals surface area contributed by atoms with Gasteiger partial charge in [0.05, 0.1) is 22.3 Å². The number of halogens is 1. The number of benzene rings is 1. The molecule has 0 spiro atoms. The highest BCUT2D eigenvalue weighted by molar-refractivity contribution is 6.33. The molecule has 2 N–H and O–H groups in total. The standard InChI is InChI=1S/C13H12ClN3O3/c14-9-6-8(7-15)3-4-10(9)16-13(20)17-5-1-2-11(17)12(18)19/h3-4,6,11H,1-2,5H2,(H,16,20)(H,18,19). The second-order valence-electron chi connectivity index (χ2n) is 4.43. The zero-order valence-corrected chi connectivity index (χ0v) is 11.2. The van der Waals surface area contributed by atoms with Gasteiger partial charge in [0.2, 0.25) is 0 Å². The Morgan fingerprint density at radius 2 is 2.25 bits per heavy atom. The minimum Gasteiger partial charge on any atom is -0.480 e. The average molecular weight is 294 g/mol. The lowest BCUT2D eigenvalue weighted by Gasteiger charge is -2.22. The molecule has 1 atom stereocenters. The van der Waals surface area contributed by atoms with Gasteiger partial charge in [-0.3, -0.25) is 0 Å². The van der Waals surface area contributed by atoms with Gasteiger partial charge >= 0.3 is 12.0 Å². The molecule has 7 heteroatoms. The smallest absolute Gasteiger partial charge is 0.326 e. The number of likely N-dealkylation sites (tertiary alicyclic amines) is 1. The number of nitrogens with zero attached hydrogens (tertiary/aromatic N) is 2. The first-order chi connectivity index (χ1) is 9.52. The van der Waals surface area contributed by atoms with Crippen molar-refractivity contribution in [2.24, 2.45) is 0 Å². The Morgan fingerprint density at radius 3 is 2.85 bits per heavy atom. The van der Waals surface area contributed by atoms with Gasteiger partial charge in [-0.15, -0.1) is 0 Å². The summed E-state index contributed by atoms with van der Waals surface area (Å²) in [7, 11) is 0. The van der Waals surface area contributed by atoms with Crippen molar-refractivity contribution in [1.82, 2.24) is 4.90 Å². The number of carboxylic acids is 1. The van der Waals surface area contributed by atoms with Crippen LogP contribution in [-0.2, 0) is 4.79 Å². The lowest BCUT2D eigenvalue weighted by atomic mass is 10.2. The molecule has 20 heavy (non-hydrogen) atoms. The number of amides is 2. The van der Waals surface area contributed by atoms with Crippen molar-refractivity contribution in [2.45, 2.75) is 18.9 Å². The van der Waals surface area contributed by atoms with E-state index in [1.54, 1.807) is 0 Å². The maximum absolute atomic E-state index is 12.1. The van der Waals surface area contributed by atoms with Crippen LogP contribution in [0.1, 0.15) is 18.4 Å². The average Bonchev–Trinajstić information content (AvgIpc) is 2.90. The predicted molar refractivity (Wildman–Crippen MR) is 72.5 cm³/mol. The summed E-state index contributed by atoms with van der Waals surface area (Å²) >= 11 is 5.96. The van der Waals surface area contributed by atoms with Crippen molar-refractivity contribution < 1.29 is 14.7 Å². The fourth-order valence-corrected chi connectivity index (χ4v) is 2.37. The molecule has 1 heterocycles. The predicted octanol–water partition coefficient (Wildman–Crippen LogP) is 2.29. The fourth-order valence-electron chi connectivity index (χ4n) is 2.14. The lowest BCUT2D eigenvalue weighted by Crippen LogP contribution is -2.42. The molecule has 1 aliphatic rings. The summed E-state index contributed by atoms with van der Waals surface area (Å²) in [4.78, 5) is 24.4. The van der Waals surface area contributed by atoms with E-state index in [-0.39, 0.29) is 5.02 Å². The third-order valence-electron chi connectivity index (χ3n) is 3.14. The SMILES string of the molecule is N#Cc1ccc(NC(=O)N2CCCC2C(=O)O)c(Cl)c1. The molecule has 1 saturated heterocycles. The number of carbonyl (C=O) groups excluding carboxylic acids is 1. The molecule has 2 amide bonds. The van der Waals surface area contributed by atoms with Crippen LogP contribution < -0.4 is 5.32 Å². The number of carbonyl (C=O) groups is 2. The zero-order chi connectivity index (χ0) is 14.7. The largest absolute Gasteiger partial charge is 0.480 e. The van der Waals surface area contributed by atoms with E-state index in [0.29, 0.717) is 30.6 Å². The molecule has 0 radical (unpaired) electrons.